The first kappa shape index (κ1) is 14.3. The molecule has 2 aromatic carbocycles. The molecule has 20 heavy (non-hydrogen) atoms. The molecule has 2 atom stereocenters. The lowest BCUT2D eigenvalue weighted by atomic mass is 9.95. The van der Waals surface area contributed by atoms with Crippen LogP contribution < -0.4 is 5.32 Å². The van der Waals surface area contributed by atoms with Crippen LogP contribution in [0.2, 0.25) is 0 Å². The summed E-state index contributed by atoms with van der Waals surface area (Å²) in [6.07, 6.45) is -0.776. The van der Waals surface area contributed by atoms with Crippen LogP contribution >= 0.6 is 0 Å². The molecule has 0 radical (unpaired) electrons. The summed E-state index contributed by atoms with van der Waals surface area (Å²) in [7, 11) is 0. The van der Waals surface area contributed by atoms with Crippen molar-refractivity contribution in [2.24, 2.45) is 0 Å². The molecule has 3 nitrogen and oxygen atoms in total. The Labute approximate surface area is 119 Å². The third-order valence-corrected chi connectivity index (χ3v) is 3.25. The number of nitrogens with one attached hydrogen (secondary N) is 1. The Morgan fingerprint density at radius 2 is 1.60 bits per heavy atom. The molecule has 0 aliphatic rings. The van der Waals surface area contributed by atoms with Crippen LogP contribution in [0.25, 0.3) is 0 Å². The molecule has 2 N–H and O–H groups in total. The summed E-state index contributed by atoms with van der Waals surface area (Å²) in [6.45, 7) is 3.45. The van der Waals surface area contributed by atoms with Gasteiger partial charge in [0.25, 0.3) is 0 Å². The molecule has 2 unspecified atom stereocenters. The number of hydrogen-bond acceptors (Lipinski definition) is 2. The Bertz CT molecular complexity index is 563. The lowest BCUT2D eigenvalue weighted by Crippen LogP contribution is -2.30. The van der Waals surface area contributed by atoms with Gasteiger partial charge in [-0.2, -0.15) is 0 Å². The van der Waals surface area contributed by atoms with Crippen LogP contribution in [0, 0.1) is 6.92 Å². The maximum absolute atomic E-state index is 11.4. The predicted octanol–water partition coefficient (Wildman–Crippen LogP) is 2.91. The van der Waals surface area contributed by atoms with E-state index in [1.165, 1.54) is 6.92 Å². The minimum Gasteiger partial charge on any atom is -0.386 e. The molecular formula is C17H19NO2. The summed E-state index contributed by atoms with van der Waals surface area (Å²) in [5, 5.41) is 13.4. The van der Waals surface area contributed by atoms with Crippen molar-refractivity contribution >= 4 is 5.91 Å². The molecule has 0 saturated heterocycles. The number of aliphatic hydroxyl groups excluding tert-OH is 1. The van der Waals surface area contributed by atoms with Crippen LogP contribution in [0.5, 0.6) is 0 Å². The van der Waals surface area contributed by atoms with Crippen LogP contribution in [-0.2, 0) is 4.79 Å². The van der Waals surface area contributed by atoms with Gasteiger partial charge in [0.1, 0.15) is 6.10 Å². The molecule has 104 valence electrons. The average molecular weight is 269 g/mol. The van der Waals surface area contributed by atoms with Gasteiger partial charge in [-0.25, -0.2) is 0 Å². The van der Waals surface area contributed by atoms with Crippen molar-refractivity contribution in [2.45, 2.75) is 26.0 Å². The van der Waals surface area contributed by atoms with E-state index in [2.05, 4.69) is 5.32 Å². The van der Waals surface area contributed by atoms with Crippen molar-refractivity contribution < 1.29 is 9.90 Å². The zero-order valence-corrected chi connectivity index (χ0v) is 11.7. The fraction of sp³-hybridized carbons (Fsp3) is 0.235. The van der Waals surface area contributed by atoms with Gasteiger partial charge in [0, 0.05) is 6.92 Å². The highest BCUT2D eigenvalue weighted by Crippen LogP contribution is 2.28. The third kappa shape index (κ3) is 3.45. The quantitative estimate of drug-likeness (QED) is 0.896. The molecule has 3 heteroatoms. The number of aryl methyl sites for hydroxylation is 1. The molecule has 2 rings (SSSR count). The molecular weight excluding hydrogens is 250 g/mol. The maximum atomic E-state index is 11.4. The molecule has 0 aromatic heterocycles. The van der Waals surface area contributed by atoms with Crippen LogP contribution in [0.3, 0.4) is 0 Å². The van der Waals surface area contributed by atoms with E-state index >= 15 is 0 Å². The van der Waals surface area contributed by atoms with Crippen LogP contribution in [0.15, 0.2) is 54.6 Å². The number of benzene rings is 2. The minimum atomic E-state index is -0.776. The summed E-state index contributed by atoms with van der Waals surface area (Å²) in [6, 6.07) is 16.7. The topological polar surface area (TPSA) is 49.3 Å². The highest BCUT2D eigenvalue weighted by Gasteiger charge is 2.23. The maximum Gasteiger partial charge on any atom is 0.217 e. The van der Waals surface area contributed by atoms with E-state index < -0.39 is 12.1 Å². The number of amides is 1. The molecule has 2 aromatic rings. The van der Waals surface area contributed by atoms with E-state index in [0.29, 0.717) is 0 Å². The summed E-state index contributed by atoms with van der Waals surface area (Å²) < 4.78 is 0. The normalized spacial score (nSPS) is 13.6. The van der Waals surface area contributed by atoms with E-state index in [0.717, 1.165) is 16.7 Å². The number of hydrogen-bond donors (Lipinski definition) is 2. The summed E-state index contributed by atoms with van der Waals surface area (Å²) in [5.41, 5.74) is 2.81. The van der Waals surface area contributed by atoms with Crippen molar-refractivity contribution in [3.05, 3.63) is 71.3 Å². The van der Waals surface area contributed by atoms with Crippen molar-refractivity contribution in [3.8, 4) is 0 Å². The second-order valence-electron chi connectivity index (χ2n) is 4.94. The zero-order valence-electron chi connectivity index (χ0n) is 11.7. The van der Waals surface area contributed by atoms with Gasteiger partial charge in [-0.3, -0.25) is 4.79 Å². The standard InChI is InChI=1S/C17H19NO2/c1-12-8-10-15(11-9-12)17(20)16(18-13(2)19)14-6-4-3-5-7-14/h3-11,16-17,20H,1-2H3,(H,18,19). The molecule has 0 bridgehead atoms. The number of rotatable bonds is 4. The fourth-order valence-corrected chi connectivity index (χ4v) is 2.18. The van der Waals surface area contributed by atoms with Gasteiger partial charge < -0.3 is 10.4 Å². The second-order valence-corrected chi connectivity index (χ2v) is 4.94. The molecule has 1 amide bonds. The average Bonchev–Trinajstić information content (AvgIpc) is 2.45. The van der Waals surface area contributed by atoms with Gasteiger partial charge in [-0.1, -0.05) is 60.2 Å². The Hall–Kier alpha value is -2.13. The number of carbonyl (C=O) groups is 1. The van der Waals surface area contributed by atoms with Crippen LogP contribution in [-0.4, -0.2) is 11.0 Å². The fourth-order valence-electron chi connectivity index (χ4n) is 2.18. The largest absolute Gasteiger partial charge is 0.386 e. The Kier molecular flexibility index (Phi) is 4.53. The lowest BCUT2D eigenvalue weighted by Gasteiger charge is -2.24. The van der Waals surface area contributed by atoms with Crippen molar-refractivity contribution in [3.63, 3.8) is 0 Å². The third-order valence-electron chi connectivity index (χ3n) is 3.25. The molecule has 0 fully saturated rings. The highest BCUT2D eigenvalue weighted by atomic mass is 16.3. The van der Waals surface area contributed by atoms with Crippen molar-refractivity contribution in [2.75, 3.05) is 0 Å². The predicted molar refractivity (Wildman–Crippen MR) is 79.1 cm³/mol. The van der Waals surface area contributed by atoms with Crippen LogP contribution in [0.4, 0.5) is 0 Å². The summed E-state index contributed by atoms with van der Waals surface area (Å²) in [4.78, 5) is 11.4. The van der Waals surface area contributed by atoms with Gasteiger partial charge in [0.05, 0.1) is 6.04 Å². The monoisotopic (exact) mass is 269 g/mol. The number of aliphatic hydroxyl groups is 1. The highest BCUT2D eigenvalue weighted by molar-refractivity contribution is 5.73. The lowest BCUT2D eigenvalue weighted by molar-refractivity contribution is -0.120. The number of carbonyl (C=O) groups excluding carboxylic acids is 1. The SMILES string of the molecule is CC(=O)NC(c1ccccc1)C(O)c1ccc(C)cc1. The summed E-state index contributed by atoms with van der Waals surface area (Å²) in [5.74, 6) is -0.162. The minimum absolute atomic E-state index is 0.162. The Morgan fingerprint density at radius 1 is 1.00 bits per heavy atom. The molecule has 0 aliphatic carbocycles. The van der Waals surface area contributed by atoms with Gasteiger partial charge in [0.15, 0.2) is 0 Å². The van der Waals surface area contributed by atoms with Gasteiger partial charge in [-0.15, -0.1) is 0 Å². The first-order valence-corrected chi connectivity index (χ1v) is 6.64. The first-order valence-electron chi connectivity index (χ1n) is 6.64. The van der Waals surface area contributed by atoms with Gasteiger partial charge in [-0.05, 0) is 18.1 Å². The van der Waals surface area contributed by atoms with E-state index in [1.807, 2.05) is 61.5 Å². The van der Waals surface area contributed by atoms with Crippen molar-refractivity contribution in [1.29, 1.82) is 0 Å². The molecule has 0 heterocycles. The van der Waals surface area contributed by atoms with E-state index in [9.17, 15) is 9.90 Å². The Morgan fingerprint density at radius 3 is 2.15 bits per heavy atom. The molecule has 0 spiro atoms. The van der Waals surface area contributed by atoms with E-state index in [-0.39, 0.29) is 5.91 Å². The van der Waals surface area contributed by atoms with Gasteiger partial charge >= 0.3 is 0 Å². The van der Waals surface area contributed by atoms with E-state index in [4.69, 9.17) is 0 Å². The smallest absolute Gasteiger partial charge is 0.217 e. The molecule has 0 saturated carbocycles. The van der Waals surface area contributed by atoms with Gasteiger partial charge in [0.2, 0.25) is 5.91 Å². The van der Waals surface area contributed by atoms with Crippen molar-refractivity contribution in [1.82, 2.24) is 5.32 Å². The zero-order chi connectivity index (χ0) is 14.5. The second kappa shape index (κ2) is 6.35. The summed E-state index contributed by atoms with van der Waals surface area (Å²) >= 11 is 0. The first-order chi connectivity index (χ1) is 9.58. The van der Waals surface area contributed by atoms with E-state index in [1.54, 1.807) is 0 Å². The Balaban J connectivity index is 2.31. The molecule has 0 aliphatic heterocycles. The van der Waals surface area contributed by atoms with Crippen LogP contribution in [0.1, 0.15) is 35.8 Å².